The molecule has 0 fully saturated rings. The number of hydroxylamine groups is 2. The van der Waals surface area contributed by atoms with Crippen LogP contribution >= 0.6 is 0 Å². The summed E-state index contributed by atoms with van der Waals surface area (Å²) in [6.45, 7) is 18.4. The molecular formula is C64H78N6O12. The smallest absolute Gasteiger partial charge is 0.340 e. The van der Waals surface area contributed by atoms with Gasteiger partial charge in [-0.15, -0.1) is 0 Å². The Balaban J connectivity index is 1.31. The zero-order valence-electron chi connectivity index (χ0n) is 49.8. The van der Waals surface area contributed by atoms with Gasteiger partial charge in [-0.05, 0) is 146 Å². The van der Waals surface area contributed by atoms with Gasteiger partial charge in [-0.25, -0.2) is 4.79 Å². The molecule has 1 atom stereocenters. The van der Waals surface area contributed by atoms with Crippen molar-refractivity contribution in [1.82, 2.24) is 5.06 Å². The normalized spacial score (nSPS) is 14.2. The fourth-order valence-corrected chi connectivity index (χ4v) is 9.81. The molecule has 18 heteroatoms. The van der Waals surface area contributed by atoms with Crippen molar-refractivity contribution in [1.29, 1.82) is 0 Å². The Labute approximate surface area is 481 Å². The summed E-state index contributed by atoms with van der Waals surface area (Å²) in [7, 11) is 6.08. The van der Waals surface area contributed by atoms with Gasteiger partial charge in [-0.2, -0.15) is 5.06 Å². The average molecular weight is 1120 g/mol. The standard InChI is InChI=1S/C64H78N6O12/c1-41-28-53(77-13)55(34-49(41)66-36-47-32-45-21-16-18-23-52(45)69(47)40-72)79-37-42-29-43(38-80-56-35-50(65-11)48(33-54(56)78-14)58(74)68-26-25-44-20-15-17-22-51(44)68)31-46(30-42)70(59(75)62(5,6)39-81-61(2,3)4)64(9,10)63(7,8)60(76)82-67(12)57(73)24-19-27-71/h15-18,20-23,27-31,33-36,40,47,65H,19,24-26,32,37-39H2,1-14H3. The van der Waals surface area contributed by atoms with Gasteiger partial charge in [0.15, 0.2) is 23.0 Å². The number of hydrogen-bond donors (Lipinski definition) is 1. The zero-order valence-corrected chi connectivity index (χ0v) is 49.8. The Hall–Kier alpha value is -8.25. The highest BCUT2D eigenvalue weighted by Crippen LogP contribution is 2.45. The SMILES string of the molecule is CNc1cc(OCc2cc(COc3cc(N=CC4Cc5ccccc5N4C=O)c(C)cc3OC)cc(N(C(=O)C(C)(C)COC(C)(C)C)C(C)(C)C(C)(C)C(=O)ON(C)C(=O)CCC=O)c2)c(OC)cc1C(=O)N1CCc2ccccc21. The fourth-order valence-electron chi connectivity index (χ4n) is 9.81. The molecule has 0 bridgehead atoms. The van der Waals surface area contributed by atoms with Gasteiger partial charge in [0.1, 0.15) is 19.5 Å². The number of fused-ring (bicyclic) bond motifs is 2. The van der Waals surface area contributed by atoms with Crippen LogP contribution in [0.1, 0.15) is 113 Å². The number of hydrogen-bond acceptors (Lipinski definition) is 14. The minimum atomic E-state index is -1.53. The van der Waals surface area contributed by atoms with E-state index in [1.165, 1.54) is 14.2 Å². The first-order valence-electron chi connectivity index (χ1n) is 27.4. The number of carbonyl (C=O) groups is 6. The first-order chi connectivity index (χ1) is 38.8. The molecular weight excluding hydrogens is 1040 g/mol. The van der Waals surface area contributed by atoms with E-state index in [1.807, 2.05) is 94.4 Å². The van der Waals surface area contributed by atoms with Gasteiger partial charge in [0.05, 0.1) is 65.8 Å². The molecule has 1 unspecified atom stereocenters. The lowest BCUT2D eigenvalue weighted by Gasteiger charge is -2.50. The van der Waals surface area contributed by atoms with Crippen molar-refractivity contribution < 1.29 is 57.3 Å². The average Bonchev–Trinajstić information content (AvgIpc) is 2.22. The number of rotatable bonds is 23. The monoisotopic (exact) mass is 1120 g/mol. The molecule has 0 saturated carbocycles. The highest BCUT2D eigenvalue weighted by molar-refractivity contribution is 6.11. The third kappa shape index (κ3) is 13.4. The van der Waals surface area contributed by atoms with Crippen LogP contribution in [-0.4, -0.2) is 106 Å². The van der Waals surface area contributed by atoms with E-state index in [4.69, 9.17) is 33.5 Å². The van der Waals surface area contributed by atoms with Crippen molar-refractivity contribution >= 4 is 71.0 Å². The molecule has 2 aliphatic heterocycles. The molecule has 2 heterocycles. The number of anilines is 4. The van der Waals surface area contributed by atoms with E-state index < -0.39 is 39.8 Å². The number of aryl methyl sites for hydroxylation is 1. The highest BCUT2D eigenvalue weighted by atomic mass is 16.7. The summed E-state index contributed by atoms with van der Waals surface area (Å²) in [6.07, 6.45) is 4.32. The number of aldehydes is 1. The van der Waals surface area contributed by atoms with Gasteiger partial charge < -0.3 is 53.3 Å². The number of ether oxygens (including phenoxy) is 5. The van der Waals surface area contributed by atoms with E-state index in [-0.39, 0.29) is 44.6 Å². The maximum absolute atomic E-state index is 15.7. The molecule has 0 aromatic heterocycles. The molecule has 0 radical (unpaired) electrons. The number of carbonyl (C=O) groups excluding carboxylic acids is 6. The maximum Gasteiger partial charge on any atom is 0.340 e. The molecule has 18 nitrogen and oxygen atoms in total. The van der Waals surface area contributed by atoms with Gasteiger partial charge in [-0.3, -0.25) is 24.2 Å². The van der Waals surface area contributed by atoms with E-state index in [0.29, 0.717) is 76.0 Å². The van der Waals surface area contributed by atoms with Crippen molar-refractivity contribution in [2.45, 2.75) is 125 Å². The number of amides is 4. The van der Waals surface area contributed by atoms with Crippen LogP contribution in [-0.2, 0) is 59.6 Å². The number of methoxy groups -OCH3 is 2. The molecule has 0 aliphatic carbocycles. The summed E-state index contributed by atoms with van der Waals surface area (Å²) < 4.78 is 31.3. The third-order valence-electron chi connectivity index (χ3n) is 15.4. The van der Waals surface area contributed by atoms with Crippen LogP contribution in [0, 0.1) is 17.8 Å². The van der Waals surface area contributed by atoms with Crippen molar-refractivity contribution in [3.05, 3.63) is 124 Å². The first-order valence-corrected chi connectivity index (χ1v) is 27.4. The van der Waals surface area contributed by atoms with Crippen LogP contribution in [0.5, 0.6) is 23.0 Å². The van der Waals surface area contributed by atoms with E-state index in [9.17, 15) is 24.0 Å². The minimum absolute atomic E-state index is 0.00871. The van der Waals surface area contributed by atoms with Crippen LogP contribution in [0.4, 0.5) is 28.4 Å². The molecule has 7 rings (SSSR count). The Kier molecular flexibility index (Phi) is 18.9. The molecule has 0 saturated heterocycles. The highest BCUT2D eigenvalue weighted by Gasteiger charge is 2.53. The van der Waals surface area contributed by atoms with Gasteiger partial charge in [0.25, 0.3) is 11.8 Å². The van der Waals surface area contributed by atoms with Crippen LogP contribution in [0.3, 0.4) is 0 Å². The van der Waals surface area contributed by atoms with Crippen LogP contribution in [0.2, 0.25) is 0 Å². The predicted molar refractivity (Wildman–Crippen MR) is 317 cm³/mol. The second-order valence-corrected chi connectivity index (χ2v) is 23.3. The van der Waals surface area contributed by atoms with Gasteiger partial charge in [0.2, 0.25) is 12.3 Å². The van der Waals surface area contributed by atoms with E-state index in [1.54, 1.807) is 101 Å². The Bertz CT molecular complexity index is 3230. The van der Waals surface area contributed by atoms with Crippen molar-refractivity contribution in [3.8, 4) is 23.0 Å². The molecule has 82 heavy (non-hydrogen) atoms. The Morgan fingerprint density at radius 1 is 0.768 bits per heavy atom. The minimum Gasteiger partial charge on any atom is -0.493 e. The second kappa shape index (κ2) is 25.3. The summed E-state index contributed by atoms with van der Waals surface area (Å²) in [5, 5.41) is 3.99. The summed E-state index contributed by atoms with van der Waals surface area (Å²) >= 11 is 0. The van der Waals surface area contributed by atoms with E-state index >= 15 is 4.79 Å². The zero-order chi connectivity index (χ0) is 59.9. The molecule has 436 valence electrons. The Morgan fingerprint density at radius 2 is 1.38 bits per heavy atom. The fraction of sp³-hybridized carbons (Fsp3) is 0.422. The van der Waals surface area contributed by atoms with Gasteiger partial charge in [-0.1, -0.05) is 36.4 Å². The number of aliphatic imine (C=N–C) groups is 1. The lowest BCUT2D eigenvalue weighted by atomic mass is 9.72. The first kappa shape index (κ1) is 61.4. The van der Waals surface area contributed by atoms with Crippen molar-refractivity contribution in [2.75, 3.05) is 61.5 Å². The lowest BCUT2D eigenvalue weighted by molar-refractivity contribution is -0.203. The molecule has 2 aliphatic rings. The number of para-hydroxylation sites is 2. The molecule has 5 aromatic carbocycles. The molecule has 1 N–H and O–H groups in total. The van der Waals surface area contributed by atoms with Crippen LogP contribution in [0.15, 0.2) is 96.0 Å². The second-order valence-electron chi connectivity index (χ2n) is 23.3. The number of benzene rings is 5. The Morgan fingerprint density at radius 3 is 1.99 bits per heavy atom. The summed E-state index contributed by atoms with van der Waals surface area (Å²) in [6, 6.07) is 27.8. The molecule has 0 spiro atoms. The van der Waals surface area contributed by atoms with Crippen LogP contribution in [0.25, 0.3) is 0 Å². The predicted octanol–water partition coefficient (Wildman–Crippen LogP) is 10.6. The number of nitrogens with one attached hydrogen (secondary N) is 1. The quantitative estimate of drug-likeness (QED) is 0.0369. The topological polar surface area (TPSA) is 195 Å². The summed E-state index contributed by atoms with van der Waals surface area (Å²) in [5.41, 5.74) is 2.90. The van der Waals surface area contributed by atoms with Gasteiger partial charge >= 0.3 is 5.97 Å². The maximum atomic E-state index is 15.7. The van der Waals surface area contributed by atoms with Crippen molar-refractivity contribution in [3.63, 3.8) is 0 Å². The van der Waals surface area contributed by atoms with E-state index in [0.717, 1.165) is 46.0 Å². The lowest BCUT2D eigenvalue weighted by Crippen LogP contribution is -2.63. The molecule has 4 amide bonds. The third-order valence-corrected chi connectivity index (χ3v) is 15.4. The summed E-state index contributed by atoms with van der Waals surface area (Å²) in [4.78, 5) is 96.3. The summed E-state index contributed by atoms with van der Waals surface area (Å²) in [5.74, 6) is -0.542. The largest absolute Gasteiger partial charge is 0.493 e. The van der Waals surface area contributed by atoms with Gasteiger partial charge in [0, 0.05) is 75.3 Å². The van der Waals surface area contributed by atoms with Crippen molar-refractivity contribution in [2.24, 2.45) is 15.8 Å². The number of nitrogens with zero attached hydrogens (tertiary/aromatic N) is 5. The van der Waals surface area contributed by atoms with Crippen LogP contribution < -0.4 is 39.0 Å². The van der Waals surface area contributed by atoms with E-state index in [2.05, 4.69) is 5.32 Å². The molecule has 5 aromatic rings.